The molecule has 0 aliphatic carbocycles. The fourth-order valence-electron chi connectivity index (χ4n) is 1.65. The molecule has 3 N–H and O–H groups in total. The molecule has 0 saturated carbocycles. The van der Waals surface area contributed by atoms with Gasteiger partial charge in [0.05, 0.1) is 5.69 Å². The van der Waals surface area contributed by atoms with E-state index < -0.39 is 0 Å². The van der Waals surface area contributed by atoms with Gasteiger partial charge in [-0.15, -0.1) is 0 Å². The molecule has 1 aromatic rings. The van der Waals surface area contributed by atoms with Gasteiger partial charge in [-0.3, -0.25) is 4.79 Å². The lowest BCUT2D eigenvalue weighted by molar-refractivity contribution is 0.0942. The van der Waals surface area contributed by atoms with Crippen molar-refractivity contribution in [3.05, 3.63) is 18.0 Å². The first kappa shape index (κ1) is 13.6. The van der Waals surface area contributed by atoms with Gasteiger partial charge < -0.3 is 20.4 Å². The maximum atomic E-state index is 11.9. The number of nitrogens with two attached hydrogens (primary N) is 1. The van der Waals surface area contributed by atoms with Gasteiger partial charge >= 0.3 is 0 Å². The quantitative estimate of drug-likeness (QED) is 0.703. The molecule has 1 rings (SSSR count). The lowest BCUT2D eigenvalue weighted by Crippen LogP contribution is -2.26. The molecule has 0 fully saturated rings. The lowest BCUT2D eigenvalue weighted by atomic mass is 10.3. The average molecular weight is 239 g/mol. The third-order valence-electron chi connectivity index (χ3n) is 2.55. The Balaban J connectivity index is 2.41. The van der Waals surface area contributed by atoms with Crippen LogP contribution in [0.15, 0.2) is 12.3 Å². The van der Waals surface area contributed by atoms with Crippen molar-refractivity contribution in [2.75, 3.05) is 26.0 Å². The Hall–Kier alpha value is -1.49. The zero-order chi connectivity index (χ0) is 12.7. The highest BCUT2D eigenvalue weighted by atomic mass is 16.5. The maximum Gasteiger partial charge on any atom is 0.267 e. The molecule has 0 bridgehead atoms. The molecule has 5 nitrogen and oxygen atoms in total. The summed E-state index contributed by atoms with van der Waals surface area (Å²) in [6.07, 6.45) is 3.65. The smallest absolute Gasteiger partial charge is 0.267 e. The van der Waals surface area contributed by atoms with E-state index in [1.807, 2.05) is 11.5 Å². The number of hydrogen-bond acceptors (Lipinski definition) is 3. The fourth-order valence-corrected chi connectivity index (χ4v) is 1.65. The number of aryl methyl sites for hydroxylation is 1. The van der Waals surface area contributed by atoms with Gasteiger partial charge in [0.15, 0.2) is 0 Å². The van der Waals surface area contributed by atoms with Crippen molar-refractivity contribution in [1.82, 2.24) is 9.88 Å². The Morgan fingerprint density at radius 2 is 2.29 bits per heavy atom. The van der Waals surface area contributed by atoms with Crippen LogP contribution in [0.3, 0.4) is 0 Å². The number of carbonyl (C=O) groups is 1. The number of nitrogen functional groups attached to an aromatic ring is 1. The van der Waals surface area contributed by atoms with Crippen molar-refractivity contribution in [3.63, 3.8) is 0 Å². The van der Waals surface area contributed by atoms with Gasteiger partial charge in [0.2, 0.25) is 0 Å². The summed E-state index contributed by atoms with van der Waals surface area (Å²) in [6.45, 7) is 4.11. The number of methoxy groups -OCH3 is 1. The zero-order valence-corrected chi connectivity index (χ0v) is 10.5. The Labute approximate surface area is 102 Å². The summed E-state index contributed by atoms with van der Waals surface area (Å²) in [5.41, 5.74) is 6.91. The molecule has 0 atom stereocenters. The van der Waals surface area contributed by atoms with Crippen molar-refractivity contribution >= 4 is 11.6 Å². The van der Waals surface area contributed by atoms with Gasteiger partial charge in [-0.1, -0.05) is 0 Å². The van der Waals surface area contributed by atoms with E-state index in [1.165, 1.54) is 0 Å². The lowest BCUT2D eigenvalue weighted by Gasteiger charge is -2.07. The number of aromatic nitrogens is 1. The van der Waals surface area contributed by atoms with Crippen molar-refractivity contribution in [2.45, 2.75) is 26.3 Å². The summed E-state index contributed by atoms with van der Waals surface area (Å²) in [5, 5.41) is 2.88. The molecule has 0 radical (unpaired) electrons. The van der Waals surface area contributed by atoms with Gasteiger partial charge in [0.1, 0.15) is 5.69 Å². The van der Waals surface area contributed by atoms with Crippen molar-refractivity contribution < 1.29 is 9.53 Å². The molecule has 0 spiro atoms. The predicted octanol–water partition coefficient (Wildman–Crippen LogP) is 1.25. The first-order valence-electron chi connectivity index (χ1n) is 5.91. The largest absolute Gasteiger partial charge is 0.397 e. The summed E-state index contributed by atoms with van der Waals surface area (Å²) in [5.74, 6) is -0.0685. The topological polar surface area (TPSA) is 69.3 Å². The van der Waals surface area contributed by atoms with Crippen molar-refractivity contribution in [2.24, 2.45) is 0 Å². The van der Waals surface area contributed by atoms with Gasteiger partial charge in [0.25, 0.3) is 5.91 Å². The van der Waals surface area contributed by atoms with Crippen LogP contribution in [0.5, 0.6) is 0 Å². The summed E-state index contributed by atoms with van der Waals surface area (Å²) in [6, 6.07) is 1.70. The number of nitrogens with one attached hydrogen (secondary N) is 1. The number of amides is 1. The molecule has 1 aromatic heterocycles. The molecule has 1 heterocycles. The minimum Gasteiger partial charge on any atom is -0.397 e. The number of anilines is 1. The van der Waals surface area contributed by atoms with Crippen LogP contribution in [0.1, 0.15) is 30.3 Å². The van der Waals surface area contributed by atoms with Gasteiger partial charge in [0, 0.05) is 33.0 Å². The summed E-state index contributed by atoms with van der Waals surface area (Å²) in [7, 11) is 1.68. The standard InChI is InChI=1S/C12H21N3O2/c1-3-15-9-10(13)8-11(15)12(16)14-6-4-5-7-17-2/h8-9H,3-7,13H2,1-2H3,(H,14,16). The number of ether oxygens (including phenoxy) is 1. The van der Waals surface area contributed by atoms with Crippen LogP contribution in [0.2, 0.25) is 0 Å². The van der Waals surface area contributed by atoms with Gasteiger partial charge in [-0.25, -0.2) is 0 Å². The molecule has 0 aliphatic rings. The van der Waals surface area contributed by atoms with Crippen LogP contribution in [-0.4, -0.2) is 30.7 Å². The number of hydrogen-bond donors (Lipinski definition) is 2. The number of nitrogens with zero attached hydrogens (tertiary/aromatic N) is 1. The molecule has 1 amide bonds. The van der Waals surface area contributed by atoms with E-state index in [0.29, 0.717) is 17.9 Å². The molecule has 5 heteroatoms. The Morgan fingerprint density at radius 3 is 2.94 bits per heavy atom. The Kier molecular flexibility index (Phi) is 5.56. The van der Waals surface area contributed by atoms with E-state index in [1.54, 1.807) is 19.4 Å². The molecule has 0 saturated heterocycles. The van der Waals surface area contributed by atoms with E-state index in [2.05, 4.69) is 5.32 Å². The third kappa shape index (κ3) is 4.11. The predicted molar refractivity (Wildman–Crippen MR) is 68.0 cm³/mol. The van der Waals surface area contributed by atoms with Crippen LogP contribution < -0.4 is 11.1 Å². The first-order valence-corrected chi connectivity index (χ1v) is 5.91. The molecular formula is C12H21N3O2. The Bertz CT molecular complexity index is 361. The molecule has 17 heavy (non-hydrogen) atoms. The van der Waals surface area contributed by atoms with Crippen molar-refractivity contribution in [1.29, 1.82) is 0 Å². The molecule has 0 aromatic carbocycles. The van der Waals surface area contributed by atoms with Gasteiger partial charge in [-0.2, -0.15) is 0 Å². The first-order chi connectivity index (χ1) is 8.19. The molecule has 96 valence electrons. The second-order valence-electron chi connectivity index (χ2n) is 3.90. The van der Waals surface area contributed by atoms with Gasteiger partial charge in [-0.05, 0) is 25.8 Å². The highest BCUT2D eigenvalue weighted by Crippen LogP contribution is 2.10. The SMILES string of the molecule is CCn1cc(N)cc1C(=O)NCCCCOC. The molecular weight excluding hydrogens is 218 g/mol. The van der Waals surface area contributed by atoms with Crippen LogP contribution in [0, 0.1) is 0 Å². The molecule has 0 aliphatic heterocycles. The number of unbranched alkanes of at least 4 members (excludes halogenated alkanes) is 1. The second-order valence-corrected chi connectivity index (χ2v) is 3.90. The zero-order valence-electron chi connectivity index (χ0n) is 10.5. The van der Waals surface area contributed by atoms with E-state index in [4.69, 9.17) is 10.5 Å². The summed E-state index contributed by atoms with van der Waals surface area (Å²) >= 11 is 0. The van der Waals surface area contributed by atoms with E-state index in [0.717, 1.165) is 26.0 Å². The van der Waals surface area contributed by atoms with E-state index in [9.17, 15) is 4.79 Å². The second kappa shape index (κ2) is 6.96. The average Bonchev–Trinajstić information content (AvgIpc) is 2.70. The van der Waals surface area contributed by atoms with Crippen molar-refractivity contribution in [3.8, 4) is 0 Å². The number of carbonyl (C=O) groups excluding carboxylic acids is 1. The van der Waals surface area contributed by atoms with E-state index in [-0.39, 0.29) is 5.91 Å². The third-order valence-corrected chi connectivity index (χ3v) is 2.55. The van der Waals surface area contributed by atoms with Crippen LogP contribution in [0.25, 0.3) is 0 Å². The van der Waals surface area contributed by atoms with Crippen LogP contribution in [0.4, 0.5) is 5.69 Å². The highest BCUT2D eigenvalue weighted by molar-refractivity contribution is 5.93. The normalized spacial score (nSPS) is 10.5. The monoisotopic (exact) mass is 239 g/mol. The summed E-state index contributed by atoms with van der Waals surface area (Å²) in [4.78, 5) is 11.9. The fraction of sp³-hybridized carbons (Fsp3) is 0.583. The highest BCUT2D eigenvalue weighted by Gasteiger charge is 2.10. The summed E-state index contributed by atoms with van der Waals surface area (Å²) < 4.78 is 6.79. The van der Waals surface area contributed by atoms with E-state index >= 15 is 0 Å². The van der Waals surface area contributed by atoms with Crippen LogP contribution in [-0.2, 0) is 11.3 Å². The molecule has 0 unspecified atom stereocenters. The Morgan fingerprint density at radius 1 is 1.53 bits per heavy atom. The maximum absolute atomic E-state index is 11.9. The van der Waals surface area contributed by atoms with Crippen LogP contribution >= 0.6 is 0 Å². The minimum absolute atomic E-state index is 0.0685. The minimum atomic E-state index is -0.0685. The number of rotatable bonds is 7.